The predicted octanol–water partition coefficient (Wildman–Crippen LogP) is 4.87. The van der Waals surface area contributed by atoms with Gasteiger partial charge in [-0.2, -0.15) is 0 Å². The zero-order valence-corrected chi connectivity index (χ0v) is 18.8. The van der Waals surface area contributed by atoms with Gasteiger partial charge in [-0.3, -0.25) is 9.10 Å². The Morgan fingerprint density at radius 2 is 1.52 bits per heavy atom. The molecular weight excluding hydrogens is 452 g/mol. The molecule has 1 amide bonds. The summed E-state index contributed by atoms with van der Waals surface area (Å²) in [4.78, 5) is 13.0. The maximum atomic E-state index is 13.3. The normalized spacial score (nSPS) is 15.9. The van der Waals surface area contributed by atoms with Crippen LogP contribution in [0.1, 0.15) is 44.9 Å². The molecule has 2 aromatic rings. The average molecular weight is 479 g/mol. The van der Waals surface area contributed by atoms with E-state index < -0.39 is 10.0 Å². The van der Waals surface area contributed by atoms with Crippen LogP contribution in [0.5, 0.6) is 0 Å². The molecule has 1 aliphatic carbocycles. The topological polar surface area (TPSA) is 66.5 Å². The van der Waals surface area contributed by atoms with Gasteiger partial charge in [0.05, 0.1) is 10.6 Å². The van der Waals surface area contributed by atoms with Crippen molar-refractivity contribution in [2.45, 2.75) is 55.9 Å². The minimum atomic E-state index is -3.86. The van der Waals surface area contributed by atoms with Gasteiger partial charge in [-0.15, -0.1) is 0 Å². The van der Waals surface area contributed by atoms with Gasteiger partial charge in [0.2, 0.25) is 5.91 Å². The van der Waals surface area contributed by atoms with Gasteiger partial charge < -0.3 is 5.32 Å². The zero-order valence-electron chi connectivity index (χ0n) is 16.4. The Morgan fingerprint density at radius 3 is 2.14 bits per heavy atom. The van der Waals surface area contributed by atoms with Crippen molar-refractivity contribution in [3.63, 3.8) is 0 Å². The number of sulfonamides is 1. The minimum absolute atomic E-state index is 0.119. The van der Waals surface area contributed by atoms with E-state index in [-0.39, 0.29) is 23.4 Å². The van der Waals surface area contributed by atoms with Crippen LogP contribution in [-0.2, 0) is 14.8 Å². The molecule has 156 valence electrons. The number of benzene rings is 2. The highest BCUT2D eigenvalue weighted by molar-refractivity contribution is 9.10. The summed E-state index contributed by atoms with van der Waals surface area (Å²) in [6.45, 7) is -0.241. The van der Waals surface area contributed by atoms with Crippen molar-refractivity contribution in [1.29, 1.82) is 0 Å². The molecule has 2 aromatic carbocycles. The summed E-state index contributed by atoms with van der Waals surface area (Å²) in [5.74, 6) is -0.266. The molecule has 1 aliphatic rings. The number of halogens is 1. The van der Waals surface area contributed by atoms with Crippen LogP contribution in [0.2, 0.25) is 0 Å². The molecule has 1 saturated carbocycles. The lowest BCUT2D eigenvalue weighted by Gasteiger charge is -2.26. The molecule has 3 rings (SSSR count). The summed E-state index contributed by atoms with van der Waals surface area (Å²) in [7, 11) is -3.86. The van der Waals surface area contributed by atoms with Crippen molar-refractivity contribution in [2.24, 2.45) is 0 Å². The number of nitrogens with one attached hydrogen (secondary N) is 1. The summed E-state index contributed by atoms with van der Waals surface area (Å²) in [5, 5.41) is 3.07. The standard InChI is InChI=1S/C22H27BrN2O3S/c23-18-13-15-20(16-14-18)25(29(27,28)21-11-7-4-8-12-21)17-22(26)24-19-9-5-2-1-3-6-10-19/h4,7-8,11-16,19H,1-3,5-6,9-10,17H2,(H,24,26). The Hall–Kier alpha value is -1.86. The molecule has 0 bridgehead atoms. The van der Waals surface area contributed by atoms with Gasteiger partial charge in [0.15, 0.2) is 0 Å². The van der Waals surface area contributed by atoms with Gasteiger partial charge in [0.1, 0.15) is 6.54 Å². The first-order valence-corrected chi connectivity index (χ1v) is 12.3. The maximum absolute atomic E-state index is 13.3. The molecule has 0 heterocycles. The first-order chi connectivity index (χ1) is 14.0. The van der Waals surface area contributed by atoms with E-state index in [0.29, 0.717) is 5.69 Å². The van der Waals surface area contributed by atoms with Crippen molar-refractivity contribution in [3.8, 4) is 0 Å². The molecule has 1 N–H and O–H groups in total. The first kappa shape index (κ1) is 21.8. The number of hydrogen-bond donors (Lipinski definition) is 1. The summed E-state index contributed by atoms with van der Waals surface area (Å²) in [5.41, 5.74) is 0.463. The maximum Gasteiger partial charge on any atom is 0.264 e. The highest BCUT2D eigenvalue weighted by atomic mass is 79.9. The van der Waals surface area contributed by atoms with Crippen LogP contribution >= 0.6 is 15.9 Å². The van der Waals surface area contributed by atoms with Gasteiger partial charge in [-0.25, -0.2) is 8.42 Å². The second-order valence-electron chi connectivity index (χ2n) is 7.41. The summed E-state index contributed by atoms with van der Waals surface area (Å²) in [6, 6.07) is 15.3. The van der Waals surface area contributed by atoms with Gasteiger partial charge in [0, 0.05) is 10.5 Å². The number of nitrogens with zero attached hydrogens (tertiary/aromatic N) is 1. The Balaban J connectivity index is 1.81. The Bertz CT molecular complexity index is 893. The predicted molar refractivity (Wildman–Crippen MR) is 119 cm³/mol. The summed E-state index contributed by atoms with van der Waals surface area (Å²) >= 11 is 3.37. The van der Waals surface area contributed by atoms with E-state index in [9.17, 15) is 13.2 Å². The van der Waals surface area contributed by atoms with E-state index >= 15 is 0 Å². The second-order valence-corrected chi connectivity index (χ2v) is 10.2. The van der Waals surface area contributed by atoms with Gasteiger partial charge in [-0.1, -0.05) is 66.2 Å². The quantitative estimate of drug-likeness (QED) is 0.643. The SMILES string of the molecule is O=C(CN(c1ccc(Br)cc1)S(=O)(=O)c1ccccc1)NC1CCCCCCC1. The third-order valence-electron chi connectivity index (χ3n) is 5.20. The fourth-order valence-electron chi connectivity index (χ4n) is 3.65. The van der Waals surface area contributed by atoms with Crippen LogP contribution < -0.4 is 9.62 Å². The summed E-state index contributed by atoms with van der Waals surface area (Å²) < 4.78 is 28.6. The number of carbonyl (C=O) groups is 1. The lowest BCUT2D eigenvalue weighted by atomic mass is 9.97. The number of amides is 1. The second kappa shape index (κ2) is 10.3. The zero-order chi connectivity index (χ0) is 20.7. The van der Waals surface area contributed by atoms with Gasteiger partial charge in [-0.05, 0) is 49.2 Å². The lowest BCUT2D eigenvalue weighted by molar-refractivity contribution is -0.120. The molecular formula is C22H27BrN2O3S. The minimum Gasteiger partial charge on any atom is -0.352 e. The molecule has 29 heavy (non-hydrogen) atoms. The van der Waals surface area contributed by atoms with Crippen LogP contribution in [0.3, 0.4) is 0 Å². The highest BCUT2D eigenvalue weighted by Gasteiger charge is 2.27. The van der Waals surface area contributed by atoms with E-state index in [2.05, 4.69) is 21.2 Å². The number of carbonyl (C=O) groups excluding carboxylic acids is 1. The molecule has 0 aliphatic heterocycles. The third-order valence-corrected chi connectivity index (χ3v) is 7.52. The van der Waals surface area contributed by atoms with Crippen LogP contribution in [0.15, 0.2) is 64.0 Å². The van der Waals surface area contributed by atoms with E-state index in [0.717, 1.165) is 30.2 Å². The molecule has 0 atom stereocenters. The molecule has 1 fully saturated rings. The highest BCUT2D eigenvalue weighted by Crippen LogP contribution is 2.25. The van der Waals surface area contributed by atoms with Crippen molar-refractivity contribution in [3.05, 3.63) is 59.1 Å². The van der Waals surface area contributed by atoms with Crippen molar-refractivity contribution in [2.75, 3.05) is 10.8 Å². The van der Waals surface area contributed by atoms with E-state index in [4.69, 9.17) is 0 Å². The fourth-order valence-corrected chi connectivity index (χ4v) is 5.35. The summed E-state index contributed by atoms with van der Waals surface area (Å²) in [6.07, 6.45) is 7.76. The number of hydrogen-bond acceptors (Lipinski definition) is 3. The van der Waals surface area contributed by atoms with E-state index in [1.54, 1.807) is 54.6 Å². The molecule has 0 saturated heterocycles. The third kappa shape index (κ3) is 6.06. The van der Waals surface area contributed by atoms with Crippen molar-refractivity contribution >= 4 is 37.5 Å². The average Bonchev–Trinajstić information content (AvgIpc) is 2.69. The molecule has 0 aromatic heterocycles. The molecule has 0 spiro atoms. The Labute approximate surface area is 181 Å². The molecule has 7 heteroatoms. The van der Waals surface area contributed by atoms with Crippen molar-refractivity contribution in [1.82, 2.24) is 5.32 Å². The molecule has 5 nitrogen and oxygen atoms in total. The first-order valence-electron chi connectivity index (χ1n) is 10.1. The van der Waals surface area contributed by atoms with Crippen molar-refractivity contribution < 1.29 is 13.2 Å². The Morgan fingerprint density at radius 1 is 0.931 bits per heavy atom. The van der Waals surface area contributed by atoms with Crippen LogP contribution in [0.4, 0.5) is 5.69 Å². The molecule has 0 radical (unpaired) electrons. The Kier molecular flexibility index (Phi) is 7.72. The van der Waals surface area contributed by atoms with Crippen LogP contribution in [0.25, 0.3) is 0 Å². The smallest absolute Gasteiger partial charge is 0.264 e. The number of rotatable bonds is 6. The number of anilines is 1. The van der Waals surface area contributed by atoms with Gasteiger partial charge in [0.25, 0.3) is 10.0 Å². The van der Waals surface area contributed by atoms with Crippen LogP contribution in [-0.4, -0.2) is 26.9 Å². The lowest BCUT2D eigenvalue weighted by Crippen LogP contribution is -2.44. The van der Waals surface area contributed by atoms with Crippen LogP contribution in [0, 0.1) is 0 Å². The fraction of sp³-hybridized carbons (Fsp3) is 0.409. The van der Waals surface area contributed by atoms with E-state index in [1.807, 2.05) is 0 Å². The van der Waals surface area contributed by atoms with Gasteiger partial charge >= 0.3 is 0 Å². The molecule has 0 unspecified atom stereocenters. The monoisotopic (exact) mass is 478 g/mol. The van der Waals surface area contributed by atoms with E-state index in [1.165, 1.54) is 23.6 Å². The largest absolute Gasteiger partial charge is 0.352 e.